The molecule has 1 fully saturated rings. The molecule has 1 aliphatic rings. The molecule has 0 unspecified atom stereocenters. The molecule has 3 heterocycles. The molecule has 0 bridgehead atoms. The van der Waals surface area contributed by atoms with E-state index in [2.05, 4.69) is 15.5 Å². The third-order valence-corrected chi connectivity index (χ3v) is 4.91. The molecule has 118 valence electrons. The summed E-state index contributed by atoms with van der Waals surface area (Å²) in [5.74, 6) is -1.22. The van der Waals surface area contributed by atoms with Gasteiger partial charge in [0, 0.05) is 19.3 Å². The van der Waals surface area contributed by atoms with Crippen LogP contribution in [0.1, 0.15) is 12.8 Å². The van der Waals surface area contributed by atoms with Crippen LogP contribution in [-0.2, 0) is 19.4 Å². The van der Waals surface area contributed by atoms with Gasteiger partial charge in [0.25, 0.3) is 5.16 Å². The van der Waals surface area contributed by atoms with E-state index in [-0.39, 0.29) is 11.3 Å². The Bertz CT molecular complexity index is 780. The van der Waals surface area contributed by atoms with E-state index >= 15 is 0 Å². The van der Waals surface area contributed by atoms with Gasteiger partial charge in [-0.1, -0.05) is 6.07 Å². The molecule has 1 amide bonds. The minimum atomic E-state index is -3.85. The van der Waals surface area contributed by atoms with E-state index in [1.165, 1.54) is 4.40 Å². The molecule has 1 saturated heterocycles. The van der Waals surface area contributed by atoms with E-state index in [0.717, 1.165) is 12.8 Å². The summed E-state index contributed by atoms with van der Waals surface area (Å²) < 4.78 is 31.3. The number of sulfone groups is 1. The van der Waals surface area contributed by atoms with Crippen molar-refractivity contribution in [2.75, 3.05) is 18.9 Å². The number of aromatic nitrogens is 3. The van der Waals surface area contributed by atoms with Crippen LogP contribution < -0.4 is 5.32 Å². The predicted octanol–water partition coefficient (Wildman–Crippen LogP) is -0.202. The lowest BCUT2D eigenvalue weighted by Crippen LogP contribution is -2.36. The summed E-state index contributed by atoms with van der Waals surface area (Å²) in [4.78, 5) is 11.8. The van der Waals surface area contributed by atoms with E-state index < -0.39 is 21.5 Å². The Kier molecular flexibility index (Phi) is 4.08. The van der Waals surface area contributed by atoms with Gasteiger partial charge in [-0.15, -0.1) is 10.2 Å². The first-order chi connectivity index (χ1) is 10.6. The number of pyridine rings is 1. The van der Waals surface area contributed by atoms with Gasteiger partial charge in [-0.3, -0.25) is 9.20 Å². The third kappa shape index (κ3) is 3.09. The zero-order chi connectivity index (χ0) is 15.6. The van der Waals surface area contributed by atoms with E-state index in [1.54, 1.807) is 24.4 Å². The second-order valence-corrected chi connectivity index (χ2v) is 6.99. The summed E-state index contributed by atoms with van der Waals surface area (Å²) in [7, 11) is -3.85. The van der Waals surface area contributed by atoms with Gasteiger partial charge in [0.1, 0.15) is 5.75 Å². The minimum Gasteiger partial charge on any atom is -0.376 e. The fourth-order valence-corrected chi connectivity index (χ4v) is 3.55. The van der Waals surface area contributed by atoms with E-state index in [9.17, 15) is 13.2 Å². The van der Waals surface area contributed by atoms with Crippen LogP contribution in [0.2, 0.25) is 0 Å². The molecule has 1 atom stereocenters. The third-order valence-electron chi connectivity index (χ3n) is 3.43. The number of hydrogen-bond acceptors (Lipinski definition) is 6. The van der Waals surface area contributed by atoms with Crippen molar-refractivity contribution >= 4 is 21.4 Å². The second kappa shape index (κ2) is 6.01. The molecule has 1 N–H and O–H groups in total. The quantitative estimate of drug-likeness (QED) is 0.817. The number of fused-ring (bicyclic) bond motifs is 1. The molecular formula is C13H16N4O4S. The van der Waals surface area contributed by atoms with Gasteiger partial charge in [-0.05, 0) is 25.0 Å². The summed E-state index contributed by atoms with van der Waals surface area (Å²) in [6.45, 7) is 1.01. The molecule has 3 rings (SSSR count). The fraction of sp³-hybridized carbons (Fsp3) is 0.462. The Morgan fingerprint density at radius 3 is 3.05 bits per heavy atom. The largest absolute Gasteiger partial charge is 0.376 e. The van der Waals surface area contributed by atoms with Crippen molar-refractivity contribution in [2.45, 2.75) is 24.1 Å². The number of nitrogens with zero attached hydrogens (tertiary/aromatic N) is 3. The number of hydrogen-bond donors (Lipinski definition) is 1. The molecule has 0 spiro atoms. The van der Waals surface area contributed by atoms with E-state index in [0.29, 0.717) is 18.8 Å². The average molecular weight is 324 g/mol. The molecule has 0 saturated carbocycles. The van der Waals surface area contributed by atoms with Crippen molar-refractivity contribution in [3.8, 4) is 0 Å². The fourth-order valence-electron chi connectivity index (χ4n) is 2.35. The van der Waals surface area contributed by atoms with Crippen LogP contribution >= 0.6 is 0 Å². The Hall–Kier alpha value is -2.00. The average Bonchev–Trinajstić information content (AvgIpc) is 3.14. The first-order valence-corrected chi connectivity index (χ1v) is 8.62. The standard InChI is InChI=1S/C13H16N4O4S/c18-12(14-8-10-4-3-7-21-10)9-22(19,20)13-16-15-11-5-1-2-6-17(11)13/h1-2,5-6,10H,3-4,7-9H2,(H,14,18)/t10-/m1/s1. The molecule has 9 heteroatoms. The lowest BCUT2D eigenvalue weighted by Gasteiger charge is -2.10. The van der Waals surface area contributed by atoms with Gasteiger partial charge in [0.2, 0.25) is 15.7 Å². The highest BCUT2D eigenvalue weighted by Crippen LogP contribution is 2.12. The summed E-state index contributed by atoms with van der Waals surface area (Å²) in [6.07, 6.45) is 3.36. The smallest absolute Gasteiger partial charge is 0.254 e. The van der Waals surface area contributed by atoms with Gasteiger partial charge < -0.3 is 10.1 Å². The normalized spacial score (nSPS) is 18.6. The highest BCUT2D eigenvalue weighted by molar-refractivity contribution is 7.91. The Morgan fingerprint density at radius 1 is 1.41 bits per heavy atom. The zero-order valence-electron chi connectivity index (χ0n) is 11.8. The molecule has 2 aromatic heterocycles. The first kappa shape index (κ1) is 14.9. The monoisotopic (exact) mass is 324 g/mol. The lowest BCUT2D eigenvalue weighted by molar-refractivity contribution is -0.119. The highest BCUT2D eigenvalue weighted by atomic mass is 32.2. The molecule has 0 radical (unpaired) electrons. The van der Waals surface area contributed by atoms with Crippen molar-refractivity contribution < 1.29 is 17.9 Å². The molecular weight excluding hydrogens is 308 g/mol. The number of carbonyl (C=O) groups excluding carboxylic acids is 1. The number of ether oxygens (including phenoxy) is 1. The molecule has 0 aromatic carbocycles. The van der Waals surface area contributed by atoms with Crippen molar-refractivity contribution in [1.82, 2.24) is 19.9 Å². The SMILES string of the molecule is O=C(CS(=O)(=O)c1nnc2ccccn12)NC[C@H]1CCCO1. The number of nitrogens with one attached hydrogen (secondary N) is 1. The molecule has 0 aliphatic carbocycles. The van der Waals surface area contributed by atoms with Crippen molar-refractivity contribution in [3.63, 3.8) is 0 Å². The topological polar surface area (TPSA) is 103 Å². The second-order valence-electron chi connectivity index (χ2n) is 5.11. The maximum absolute atomic E-state index is 12.3. The maximum atomic E-state index is 12.3. The number of amides is 1. The van der Waals surface area contributed by atoms with Crippen molar-refractivity contribution in [1.29, 1.82) is 0 Å². The first-order valence-electron chi connectivity index (χ1n) is 6.97. The van der Waals surface area contributed by atoms with Crippen LogP contribution in [0.25, 0.3) is 5.65 Å². The van der Waals surface area contributed by atoms with Crippen LogP contribution in [0.4, 0.5) is 0 Å². The van der Waals surface area contributed by atoms with Crippen LogP contribution in [0, 0.1) is 0 Å². The molecule has 1 aliphatic heterocycles. The zero-order valence-corrected chi connectivity index (χ0v) is 12.6. The van der Waals surface area contributed by atoms with Crippen molar-refractivity contribution in [2.24, 2.45) is 0 Å². The van der Waals surface area contributed by atoms with E-state index in [4.69, 9.17) is 4.74 Å². The van der Waals surface area contributed by atoms with Crippen LogP contribution in [0.15, 0.2) is 29.6 Å². The summed E-state index contributed by atoms with van der Waals surface area (Å²) in [5.41, 5.74) is 0.417. The van der Waals surface area contributed by atoms with Crippen LogP contribution in [0.3, 0.4) is 0 Å². The summed E-state index contributed by atoms with van der Waals surface area (Å²) in [6, 6.07) is 5.05. The summed E-state index contributed by atoms with van der Waals surface area (Å²) in [5, 5.41) is 9.82. The maximum Gasteiger partial charge on any atom is 0.254 e. The number of carbonyl (C=O) groups is 1. The predicted molar refractivity (Wildman–Crippen MR) is 77.0 cm³/mol. The minimum absolute atomic E-state index is 0.0272. The molecule has 2 aromatic rings. The molecule has 8 nitrogen and oxygen atoms in total. The molecule has 22 heavy (non-hydrogen) atoms. The van der Waals surface area contributed by atoms with Gasteiger partial charge >= 0.3 is 0 Å². The lowest BCUT2D eigenvalue weighted by atomic mass is 10.2. The van der Waals surface area contributed by atoms with Gasteiger partial charge in [-0.2, -0.15) is 0 Å². The van der Waals surface area contributed by atoms with Crippen LogP contribution in [0.5, 0.6) is 0 Å². The van der Waals surface area contributed by atoms with Gasteiger partial charge in [-0.25, -0.2) is 8.42 Å². The number of rotatable bonds is 5. The Labute approximate surface area is 127 Å². The highest BCUT2D eigenvalue weighted by Gasteiger charge is 2.25. The van der Waals surface area contributed by atoms with Gasteiger partial charge in [0.05, 0.1) is 6.10 Å². The Balaban J connectivity index is 1.68. The Morgan fingerprint density at radius 2 is 2.27 bits per heavy atom. The summed E-state index contributed by atoms with van der Waals surface area (Å²) >= 11 is 0. The van der Waals surface area contributed by atoms with E-state index in [1.807, 2.05) is 0 Å². The van der Waals surface area contributed by atoms with Gasteiger partial charge in [0.15, 0.2) is 5.65 Å². The van der Waals surface area contributed by atoms with Crippen LogP contribution in [-0.4, -0.2) is 53.9 Å². The van der Waals surface area contributed by atoms with Crippen molar-refractivity contribution in [3.05, 3.63) is 24.4 Å².